The first-order valence-corrected chi connectivity index (χ1v) is 13.8. The summed E-state index contributed by atoms with van der Waals surface area (Å²) in [5, 5.41) is 4.10. The summed E-state index contributed by atoms with van der Waals surface area (Å²) in [5.74, 6) is 0.415. The number of carbonyl (C=O) groups excluding carboxylic acids is 1. The molecule has 1 unspecified atom stereocenters. The number of aryl methyl sites for hydroxylation is 1. The minimum absolute atomic E-state index is 0.0421. The molecule has 1 N–H and O–H groups in total. The lowest BCUT2D eigenvalue weighted by Gasteiger charge is -2.26. The van der Waals surface area contributed by atoms with Crippen molar-refractivity contribution in [3.05, 3.63) is 125 Å². The number of benzene rings is 3. The lowest BCUT2D eigenvalue weighted by Crippen LogP contribution is -2.30. The van der Waals surface area contributed by atoms with Crippen molar-refractivity contribution in [1.82, 2.24) is 19.9 Å². The standard InChI is InChI=1S/C31H27FN4OS/c32-25-14-10-21(11-15-25)19-36-29-18-33-17-16-28(29)35-31(36)38-20-22-8-12-24(13-9-22)30(37)34-27-7-3-5-23-4-1-2-6-26(23)27/h1-2,4,6,8-18,27H,3,5,7,19-20H2,(H,34,37). The molecule has 38 heavy (non-hydrogen) atoms. The molecule has 0 aliphatic heterocycles. The number of hydrogen-bond donors (Lipinski definition) is 1. The maximum absolute atomic E-state index is 13.4. The quantitative estimate of drug-likeness (QED) is 0.241. The first kappa shape index (κ1) is 24.4. The van der Waals surface area contributed by atoms with Gasteiger partial charge in [0.05, 0.1) is 29.8 Å². The smallest absolute Gasteiger partial charge is 0.251 e. The van der Waals surface area contributed by atoms with Crippen molar-refractivity contribution in [1.29, 1.82) is 0 Å². The Morgan fingerprint density at radius 3 is 2.63 bits per heavy atom. The summed E-state index contributed by atoms with van der Waals surface area (Å²) in [5.41, 5.74) is 7.14. The molecule has 1 aliphatic rings. The first-order chi connectivity index (χ1) is 18.6. The van der Waals surface area contributed by atoms with Gasteiger partial charge in [-0.1, -0.05) is 60.3 Å². The number of fused-ring (bicyclic) bond motifs is 2. The lowest BCUT2D eigenvalue weighted by molar-refractivity contribution is 0.0932. The van der Waals surface area contributed by atoms with Gasteiger partial charge in [0.2, 0.25) is 0 Å². The predicted molar refractivity (Wildman–Crippen MR) is 149 cm³/mol. The van der Waals surface area contributed by atoms with Crippen LogP contribution in [0, 0.1) is 5.82 Å². The van der Waals surface area contributed by atoms with E-state index in [1.165, 1.54) is 23.3 Å². The third-order valence-corrected chi connectivity index (χ3v) is 8.08. The average Bonchev–Trinajstić information content (AvgIpc) is 3.30. The summed E-state index contributed by atoms with van der Waals surface area (Å²) in [4.78, 5) is 22.1. The second-order valence-electron chi connectivity index (χ2n) is 9.57. The van der Waals surface area contributed by atoms with E-state index >= 15 is 0 Å². The second kappa shape index (κ2) is 10.8. The zero-order valence-corrected chi connectivity index (χ0v) is 21.6. The minimum atomic E-state index is -0.249. The van der Waals surface area contributed by atoms with Gasteiger partial charge in [0.25, 0.3) is 5.91 Å². The number of imidazole rings is 1. The second-order valence-corrected chi connectivity index (χ2v) is 10.5. The van der Waals surface area contributed by atoms with Crippen LogP contribution in [0.15, 0.2) is 96.4 Å². The molecule has 6 rings (SSSR count). The molecule has 7 heteroatoms. The maximum Gasteiger partial charge on any atom is 0.251 e. The van der Waals surface area contributed by atoms with E-state index in [0.29, 0.717) is 17.9 Å². The summed E-state index contributed by atoms with van der Waals surface area (Å²) < 4.78 is 15.5. The molecule has 1 atom stereocenters. The van der Waals surface area contributed by atoms with Crippen LogP contribution in [0.3, 0.4) is 0 Å². The fourth-order valence-corrected chi connectivity index (χ4v) is 6.00. The highest BCUT2D eigenvalue weighted by Crippen LogP contribution is 2.30. The van der Waals surface area contributed by atoms with Gasteiger partial charge in [-0.2, -0.15) is 0 Å². The molecule has 0 saturated heterocycles. The summed E-state index contributed by atoms with van der Waals surface area (Å²) >= 11 is 1.63. The van der Waals surface area contributed by atoms with Gasteiger partial charge in [-0.25, -0.2) is 9.37 Å². The largest absolute Gasteiger partial charge is 0.345 e. The number of carbonyl (C=O) groups is 1. The monoisotopic (exact) mass is 522 g/mol. The minimum Gasteiger partial charge on any atom is -0.345 e. The molecule has 0 fully saturated rings. The number of thioether (sulfide) groups is 1. The van der Waals surface area contributed by atoms with Crippen LogP contribution in [-0.2, 0) is 18.7 Å². The van der Waals surface area contributed by atoms with Crippen molar-refractivity contribution in [3.8, 4) is 0 Å². The Balaban J connectivity index is 1.15. The Labute approximate surface area is 225 Å². The van der Waals surface area contributed by atoms with Crippen molar-refractivity contribution in [2.45, 2.75) is 42.8 Å². The van der Waals surface area contributed by atoms with Crippen LogP contribution in [0.2, 0.25) is 0 Å². The van der Waals surface area contributed by atoms with Crippen molar-refractivity contribution < 1.29 is 9.18 Å². The zero-order valence-electron chi connectivity index (χ0n) is 20.8. The van der Waals surface area contributed by atoms with E-state index in [4.69, 9.17) is 4.98 Å². The lowest BCUT2D eigenvalue weighted by atomic mass is 9.87. The van der Waals surface area contributed by atoms with Gasteiger partial charge < -0.3 is 9.88 Å². The molecule has 2 heterocycles. The molecule has 3 aromatic carbocycles. The normalized spacial score (nSPS) is 14.8. The van der Waals surface area contributed by atoms with Gasteiger partial charge >= 0.3 is 0 Å². The summed E-state index contributed by atoms with van der Waals surface area (Å²) in [6.45, 7) is 0.578. The van der Waals surface area contributed by atoms with E-state index in [2.05, 4.69) is 33.1 Å². The number of halogens is 1. The van der Waals surface area contributed by atoms with Crippen molar-refractivity contribution in [3.63, 3.8) is 0 Å². The molecular weight excluding hydrogens is 495 g/mol. The fourth-order valence-electron chi connectivity index (χ4n) is 5.03. The number of aromatic nitrogens is 3. The van der Waals surface area contributed by atoms with E-state index in [9.17, 15) is 9.18 Å². The molecule has 0 saturated carbocycles. The highest BCUT2D eigenvalue weighted by molar-refractivity contribution is 7.98. The van der Waals surface area contributed by atoms with Crippen LogP contribution < -0.4 is 5.32 Å². The molecule has 0 spiro atoms. The number of nitrogens with zero attached hydrogens (tertiary/aromatic N) is 3. The van der Waals surface area contributed by atoms with Gasteiger partial charge in [-0.3, -0.25) is 9.78 Å². The molecule has 2 aromatic heterocycles. The molecule has 190 valence electrons. The van der Waals surface area contributed by atoms with Gasteiger partial charge in [-0.05, 0) is 71.8 Å². The molecule has 5 aromatic rings. The topological polar surface area (TPSA) is 59.8 Å². The number of pyridine rings is 1. The first-order valence-electron chi connectivity index (χ1n) is 12.8. The molecule has 0 bridgehead atoms. The molecule has 1 aliphatic carbocycles. The number of nitrogens with one attached hydrogen (secondary N) is 1. The summed E-state index contributed by atoms with van der Waals surface area (Å²) in [7, 11) is 0. The Morgan fingerprint density at radius 1 is 1.00 bits per heavy atom. The highest BCUT2D eigenvalue weighted by atomic mass is 32.2. The third-order valence-electron chi connectivity index (χ3n) is 7.03. The number of hydrogen-bond acceptors (Lipinski definition) is 4. The van der Waals surface area contributed by atoms with Gasteiger partial charge in [0, 0.05) is 17.5 Å². The van der Waals surface area contributed by atoms with Crippen LogP contribution in [0.4, 0.5) is 4.39 Å². The molecule has 0 radical (unpaired) electrons. The number of amides is 1. The summed E-state index contributed by atoms with van der Waals surface area (Å²) in [6.07, 6.45) is 6.67. The van der Waals surface area contributed by atoms with Crippen molar-refractivity contribution in [2.75, 3.05) is 0 Å². The average molecular weight is 523 g/mol. The fraction of sp³-hybridized carbons (Fsp3) is 0.194. The SMILES string of the molecule is O=C(NC1CCCc2ccccc21)c1ccc(CSc2nc3ccncc3n2Cc2ccc(F)cc2)cc1. The van der Waals surface area contributed by atoms with Crippen LogP contribution >= 0.6 is 11.8 Å². The van der Waals surface area contributed by atoms with Crippen molar-refractivity contribution >= 4 is 28.7 Å². The number of rotatable bonds is 7. The molecule has 1 amide bonds. The Morgan fingerprint density at radius 2 is 1.79 bits per heavy atom. The van der Waals surface area contributed by atoms with Crippen molar-refractivity contribution in [2.24, 2.45) is 0 Å². The zero-order chi connectivity index (χ0) is 25.9. The van der Waals surface area contributed by atoms with E-state index in [1.807, 2.05) is 42.6 Å². The predicted octanol–water partition coefficient (Wildman–Crippen LogP) is 6.72. The van der Waals surface area contributed by atoms with E-state index in [1.54, 1.807) is 30.1 Å². The van der Waals surface area contributed by atoms with Crippen LogP contribution in [-0.4, -0.2) is 20.4 Å². The Kier molecular flexibility index (Phi) is 6.92. The van der Waals surface area contributed by atoms with Crippen LogP contribution in [0.25, 0.3) is 11.0 Å². The van der Waals surface area contributed by atoms with Gasteiger partial charge in [-0.15, -0.1) is 0 Å². The van der Waals surface area contributed by atoms with Crippen LogP contribution in [0.1, 0.15) is 51.5 Å². The van der Waals surface area contributed by atoms with E-state index < -0.39 is 0 Å². The third kappa shape index (κ3) is 5.20. The van der Waals surface area contributed by atoms with Gasteiger partial charge in [0.15, 0.2) is 5.16 Å². The van der Waals surface area contributed by atoms with E-state index in [-0.39, 0.29) is 17.8 Å². The Hall–Kier alpha value is -3.97. The maximum atomic E-state index is 13.4. The molecule has 5 nitrogen and oxygen atoms in total. The highest BCUT2D eigenvalue weighted by Gasteiger charge is 2.22. The Bertz CT molecular complexity index is 1580. The van der Waals surface area contributed by atoms with E-state index in [0.717, 1.165) is 46.6 Å². The van der Waals surface area contributed by atoms with Crippen LogP contribution in [0.5, 0.6) is 0 Å². The molecular formula is C31H27FN4OS. The summed E-state index contributed by atoms with van der Waals surface area (Å²) in [6, 6.07) is 24.7. The van der Waals surface area contributed by atoms with Gasteiger partial charge in [0.1, 0.15) is 5.82 Å².